The third-order valence-electron chi connectivity index (χ3n) is 2.21. The van der Waals surface area contributed by atoms with Gasteiger partial charge in [0.1, 0.15) is 5.82 Å². The van der Waals surface area contributed by atoms with Crippen LogP contribution in [0.4, 0.5) is 5.82 Å². The fraction of sp³-hybridized carbons (Fsp3) is 0.500. The SMILES string of the molecule is CC(O[B]c1ccc(N)nc1)C(C)(C)O. The lowest BCUT2D eigenvalue weighted by atomic mass is 9.88. The second-order valence-corrected chi connectivity index (χ2v) is 4.07. The molecule has 1 aromatic heterocycles. The highest BCUT2D eigenvalue weighted by atomic mass is 16.5. The molecular weight excluding hydrogens is 191 g/mol. The summed E-state index contributed by atoms with van der Waals surface area (Å²) in [6, 6.07) is 3.50. The fourth-order valence-corrected chi connectivity index (χ4v) is 0.834. The van der Waals surface area contributed by atoms with Crippen molar-refractivity contribution < 1.29 is 9.76 Å². The van der Waals surface area contributed by atoms with Crippen molar-refractivity contribution in [1.82, 2.24) is 4.98 Å². The molecule has 5 heteroatoms. The highest BCUT2D eigenvalue weighted by molar-refractivity contribution is 6.46. The number of nitrogen functional groups attached to an aromatic ring is 1. The molecule has 15 heavy (non-hydrogen) atoms. The number of rotatable bonds is 4. The lowest BCUT2D eigenvalue weighted by molar-refractivity contribution is -0.0223. The summed E-state index contributed by atoms with van der Waals surface area (Å²) < 4.78 is 5.38. The number of hydrogen-bond acceptors (Lipinski definition) is 4. The molecule has 0 aliphatic heterocycles. The molecule has 0 spiro atoms. The molecule has 0 saturated carbocycles. The molecule has 0 aliphatic rings. The smallest absolute Gasteiger partial charge is 0.332 e. The summed E-state index contributed by atoms with van der Waals surface area (Å²) in [6.07, 6.45) is 1.34. The molecular formula is C10H16BN2O2. The average Bonchev–Trinajstić information content (AvgIpc) is 2.15. The van der Waals surface area contributed by atoms with E-state index in [1.165, 1.54) is 0 Å². The molecule has 81 valence electrons. The largest absolute Gasteiger partial charge is 0.429 e. The fourth-order valence-electron chi connectivity index (χ4n) is 0.834. The molecule has 3 N–H and O–H groups in total. The van der Waals surface area contributed by atoms with Gasteiger partial charge in [-0.25, -0.2) is 4.98 Å². The molecule has 1 unspecified atom stereocenters. The van der Waals surface area contributed by atoms with Crippen LogP contribution >= 0.6 is 0 Å². The van der Waals surface area contributed by atoms with Gasteiger partial charge in [-0.1, -0.05) is 6.07 Å². The molecule has 0 aromatic carbocycles. The van der Waals surface area contributed by atoms with Gasteiger partial charge in [0, 0.05) is 6.20 Å². The first-order valence-electron chi connectivity index (χ1n) is 4.82. The Morgan fingerprint density at radius 2 is 2.20 bits per heavy atom. The Balaban J connectivity index is 2.47. The van der Waals surface area contributed by atoms with Gasteiger partial charge in [-0.2, -0.15) is 0 Å². The minimum Gasteiger partial charge on any atom is -0.429 e. The summed E-state index contributed by atoms with van der Waals surface area (Å²) in [4.78, 5) is 3.92. The molecule has 1 atom stereocenters. The third kappa shape index (κ3) is 3.89. The zero-order chi connectivity index (χ0) is 11.5. The molecule has 1 aromatic rings. The standard InChI is InChI=1S/C10H16BN2O2/c1-7(10(2,3)14)15-11-8-4-5-9(12)13-6-8/h4-7,14H,1-3H3,(H2,12,13). The molecule has 4 nitrogen and oxygen atoms in total. The summed E-state index contributed by atoms with van der Waals surface area (Å²) in [6.45, 7) is 5.21. The Morgan fingerprint density at radius 3 is 2.67 bits per heavy atom. The van der Waals surface area contributed by atoms with Crippen molar-refractivity contribution in [3.05, 3.63) is 18.3 Å². The number of anilines is 1. The molecule has 1 radical (unpaired) electrons. The van der Waals surface area contributed by atoms with Gasteiger partial charge in [0.15, 0.2) is 0 Å². The van der Waals surface area contributed by atoms with E-state index in [4.69, 9.17) is 10.4 Å². The molecule has 0 bridgehead atoms. The monoisotopic (exact) mass is 207 g/mol. The van der Waals surface area contributed by atoms with Crippen LogP contribution in [-0.4, -0.2) is 29.3 Å². The van der Waals surface area contributed by atoms with Gasteiger partial charge in [-0.3, -0.25) is 0 Å². The van der Waals surface area contributed by atoms with E-state index in [1.807, 2.05) is 0 Å². The van der Waals surface area contributed by atoms with E-state index in [9.17, 15) is 5.11 Å². The highest BCUT2D eigenvalue weighted by Crippen LogP contribution is 2.10. The highest BCUT2D eigenvalue weighted by Gasteiger charge is 2.22. The van der Waals surface area contributed by atoms with Crippen LogP contribution in [0.3, 0.4) is 0 Å². The minimum atomic E-state index is -0.863. The summed E-state index contributed by atoms with van der Waals surface area (Å²) in [5.41, 5.74) is 5.40. The maximum Gasteiger partial charge on any atom is 0.332 e. The predicted molar refractivity (Wildman–Crippen MR) is 60.9 cm³/mol. The van der Waals surface area contributed by atoms with E-state index >= 15 is 0 Å². The summed E-state index contributed by atoms with van der Waals surface area (Å²) in [5.74, 6) is 0.475. The predicted octanol–water partition coefficient (Wildman–Crippen LogP) is 0.0843. The van der Waals surface area contributed by atoms with Crippen LogP contribution in [-0.2, 0) is 4.65 Å². The topological polar surface area (TPSA) is 68.4 Å². The summed E-state index contributed by atoms with van der Waals surface area (Å²) in [5, 5.41) is 9.63. The molecule has 1 rings (SSSR count). The number of pyridine rings is 1. The van der Waals surface area contributed by atoms with Crippen molar-refractivity contribution in [2.24, 2.45) is 0 Å². The van der Waals surface area contributed by atoms with Crippen LogP contribution in [0.25, 0.3) is 0 Å². The van der Waals surface area contributed by atoms with Crippen LogP contribution in [0.1, 0.15) is 20.8 Å². The van der Waals surface area contributed by atoms with Crippen molar-refractivity contribution >= 4 is 18.8 Å². The van der Waals surface area contributed by atoms with E-state index in [0.29, 0.717) is 5.82 Å². The second kappa shape index (κ2) is 4.64. The average molecular weight is 207 g/mol. The number of hydrogen-bond donors (Lipinski definition) is 2. The van der Waals surface area contributed by atoms with Crippen molar-refractivity contribution in [3.63, 3.8) is 0 Å². The first-order chi connectivity index (χ1) is 6.89. The Bertz CT molecular complexity index is 308. The first-order valence-corrected chi connectivity index (χ1v) is 4.82. The van der Waals surface area contributed by atoms with Crippen LogP contribution in [0.5, 0.6) is 0 Å². The number of nitrogens with zero attached hydrogens (tertiary/aromatic N) is 1. The number of aromatic nitrogens is 1. The number of aliphatic hydroxyl groups is 1. The van der Waals surface area contributed by atoms with Gasteiger partial charge in [-0.05, 0) is 32.3 Å². The number of nitrogens with two attached hydrogens (primary N) is 1. The van der Waals surface area contributed by atoms with Gasteiger partial charge in [0.25, 0.3) is 0 Å². The van der Waals surface area contributed by atoms with E-state index in [2.05, 4.69) is 4.98 Å². The van der Waals surface area contributed by atoms with Gasteiger partial charge >= 0.3 is 7.48 Å². The van der Waals surface area contributed by atoms with Gasteiger partial charge < -0.3 is 15.5 Å². The van der Waals surface area contributed by atoms with E-state index in [1.54, 1.807) is 46.6 Å². The van der Waals surface area contributed by atoms with Crippen LogP contribution in [0.15, 0.2) is 18.3 Å². The molecule has 0 saturated heterocycles. The lowest BCUT2D eigenvalue weighted by Gasteiger charge is -2.26. The van der Waals surface area contributed by atoms with Crippen LogP contribution < -0.4 is 11.2 Å². The molecule has 0 amide bonds. The van der Waals surface area contributed by atoms with Crippen LogP contribution in [0, 0.1) is 0 Å². The second-order valence-electron chi connectivity index (χ2n) is 4.07. The van der Waals surface area contributed by atoms with E-state index in [-0.39, 0.29) is 6.10 Å². The Kier molecular flexibility index (Phi) is 3.71. The Labute approximate surface area is 90.7 Å². The zero-order valence-electron chi connectivity index (χ0n) is 9.27. The zero-order valence-corrected chi connectivity index (χ0v) is 9.27. The molecule has 0 fully saturated rings. The minimum absolute atomic E-state index is 0.282. The molecule has 0 aliphatic carbocycles. The Morgan fingerprint density at radius 1 is 1.53 bits per heavy atom. The lowest BCUT2D eigenvalue weighted by Crippen LogP contribution is -2.38. The van der Waals surface area contributed by atoms with Crippen molar-refractivity contribution in [2.75, 3.05) is 5.73 Å². The molecule has 1 heterocycles. The van der Waals surface area contributed by atoms with Gasteiger partial charge in [0.2, 0.25) is 0 Å². The van der Waals surface area contributed by atoms with Gasteiger partial charge in [0.05, 0.1) is 11.7 Å². The maximum atomic E-state index is 9.63. The van der Waals surface area contributed by atoms with Gasteiger partial charge in [-0.15, -0.1) is 0 Å². The first kappa shape index (κ1) is 12.0. The third-order valence-corrected chi connectivity index (χ3v) is 2.21. The maximum absolute atomic E-state index is 9.63. The van der Waals surface area contributed by atoms with Crippen molar-refractivity contribution in [1.29, 1.82) is 0 Å². The summed E-state index contributed by atoms with van der Waals surface area (Å²) >= 11 is 0. The van der Waals surface area contributed by atoms with E-state index < -0.39 is 5.60 Å². The quantitative estimate of drug-likeness (QED) is 0.686. The van der Waals surface area contributed by atoms with Crippen molar-refractivity contribution in [3.8, 4) is 0 Å². The van der Waals surface area contributed by atoms with Crippen molar-refractivity contribution in [2.45, 2.75) is 32.5 Å². The Hall–Kier alpha value is -1.07. The normalized spacial score (nSPS) is 13.6. The van der Waals surface area contributed by atoms with E-state index in [0.717, 1.165) is 5.46 Å². The van der Waals surface area contributed by atoms with Crippen LogP contribution in [0.2, 0.25) is 0 Å². The summed E-state index contributed by atoms with van der Waals surface area (Å²) in [7, 11) is 1.56.